The highest BCUT2D eigenvalue weighted by atomic mass is 15.1. The first-order valence-electron chi connectivity index (χ1n) is 17.1. The van der Waals surface area contributed by atoms with Crippen molar-refractivity contribution in [3.8, 4) is 27.9 Å². The van der Waals surface area contributed by atoms with Crippen molar-refractivity contribution in [3.63, 3.8) is 0 Å². The Bertz CT molecular complexity index is 2820. The summed E-state index contributed by atoms with van der Waals surface area (Å²) in [6.07, 6.45) is 0.869. The average Bonchev–Trinajstić information content (AvgIpc) is 3.56. The summed E-state index contributed by atoms with van der Waals surface area (Å²) in [6.45, 7) is 2.17. The Balaban J connectivity index is 1.21. The zero-order valence-corrected chi connectivity index (χ0v) is 27.2. The van der Waals surface area contributed by atoms with Crippen molar-refractivity contribution in [3.05, 3.63) is 170 Å². The Kier molecular flexibility index (Phi) is 6.19. The second kappa shape index (κ2) is 10.9. The summed E-state index contributed by atoms with van der Waals surface area (Å²) in [4.78, 5) is 4.92. The molecule has 0 atom stereocenters. The summed E-state index contributed by atoms with van der Waals surface area (Å²) in [5, 5.41) is 12.8. The molecule has 0 radical (unpaired) electrons. The van der Waals surface area contributed by atoms with Gasteiger partial charge in [-0.15, -0.1) is 0 Å². The van der Waals surface area contributed by atoms with Gasteiger partial charge in [0.1, 0.15) is 5.82 Å². The van der Waals surface area contributed by atoms with Gasteiger partial charge in [0.25, 0.3) is 0 Å². The lowest BCUT2D eigenvalue weighted by Crippen LogP contribution is -2.00. The molecule has 10 rings (SSSR count). The van der Waals surface area contributed by atoms with Gasteiger partial charge in [-0.2, -0.15) is 0 Å². The number of aromatic nitrogens is 2. The summed E-state index contributed by atoms with van der Waals surface area (Å²) < 4.78 is 2.30. The second-order valence-electron chi connectivity index (χ2n) is 12.9. The Morgan fingerprint density at radius 2 is 0.837 bits per heavy atom. The second-order valence-corrected chi connectivity index (χ2v) is 12.9. The van der Waals surface area contributed by atoms with Crippen LogP contribution in [0.1, 0.15) is 12.7 Å². The fourth-order valence-corrected chi connectivity index (χ4v) is 8.19. The van der Waals surface area contributed by atoms with E-state index in [-0.39, 0.29) is 0 Å². The van der Waals surface area contributed by atoms with Crippen LogP contribution in [0.25, 0.3) is 92.8 Å². The number of aryl methyl sites for hydroxylation is 1. The lowest BCUT2D eigenvalue weighted by atomic mass is 9.85. The van der Waals surface area contributed by atoms with Crippen LogP contribution in [0, 0.1) is 0 Å². The molecule has 0 aliphatic heterocycles. The van der Waals surface area contributed by atoms with E-state index < -0.39 is 0 Å². The van der Waals surface area contributed by atoms with Crippen molar-refractivity contribution in [2.45, 2.75) is 13.3 Å². The van der Waals surface area contributed by atoms with Crippen LogP contribution >= 0.6 is 0 Å². The van der Waals surface area contributed by atoms with Gasteiger partial charge in [-0.05, 0) is 106 Å². The molecule has 49 heavy (non-hydrogen) atoms. The summed E-state index contributed by atoms with van der Waals surface area (Å²) in [5.41, 5.74) is 8.31. The predicted molar refractivity (Wildman–Crippen MR) is 209 cm³/mol. The van der Waals surface area contributed by atoms with Gasteiger partial charge in [0.05, 0.1) is 11.0 Å². The Hall–Kier alpha value is -6.25. The third-order valence-electron chi connectivity index (χ3n) is 10.3. The van der Waals surface area contributed by atoms with Crippen LogP contribution in [0.15, 0.2) is 164 Å². The number of rotatable bonds is 4. The third-order valence-corrected chi connectivity index (χ3v) is 10.3. The van der Waals surface area contributed by atoms with Crippen molar-refractivity contribution in [2.75, 3.05) is 0 Å². The van der Waals surface area contributed by atoms with Gasteiger partial charge >= 0.3 is 0 Å². The van der Waals surface area contributed by atoms with Crippen LogP contribution in [0.4, 0.5) is 0 Å². The molecule has 0 unspecified atom stereocenters. The van der Waals surface area contributed by atoms with E-state index >= 15 is 0 Å². The lowest BCUT2D eigenvalue weighted by Gasteiger charge is -2.19. The van der Waals surface area contributed by atoms with Gasteiger partial charge in [-0.3, -0.25) is 4.57 Å². The van der Waals surface area contributed by atoms with Gasteiger partial charge in [0.2, 0.25) is 0 Å². The van der Waals surface area contributed by atoms with Crippen molar-refractivity contribution < 1.29 is 0 Å². The van der Waals surface area contributed by atoms with Crippen molar-refractivity contribution in [1.82, 2.24) is 9.55 Å². The summed E-state index contributed by atoms with van der Waals surface area (Å²) in [7, 11) is 0. The largest absolute Gasteiger partial charge is 0.296 e. The highest BCUT2D eigenvalue weighted by Crippen LogP contribution is 2.45. The summed E-state index contributed by atoms with van der Waals surface area (Å²) >= 11 is 0. The van der Waals surface area contributed by atoms with E-state index in [1.807, 2.05) is 0 Å². The van der Waals surface area contributed by atoms with Crippen LogP contribution in [0.3, 0.4) is 0 Å². The fourth-order valence-electron chi connectivity index (χ4n) is 8.19. The van der Waals surface area contributed by atoms with Crippen LogP contribution in [-0.2, 0) is 6.42 Å². The van der Waals surface area contributed by atoms with Gasteiger partial charge in [0.15, 0.2) is 0 Å². The maximum Gasteiger partial charge on any atom is 0.114 e. The molecule has 0 aliphatic rings. The number of fused-ring (bicyclic) bond motifs is 9. The van der Waals surface area contributed by atoms with E-state index in [0.29, 0.717) is 0 Å². The minimum absolute atomic E-state index is 0.869. The molecule has 230 valence electrons. The molecule has 2 nitrogen and oxygen atoms in total. The highest BCUT2D eigenvalue weighted by Gasteiger charge is 2.18. The number of hydrogen-bond acceptors (Lipinski definition) is 1. The minimum Gasteiger partial charge on any atom is -0.296 e. The molecule has 1 aromatic heterocycles. The molecule has 0 amide bonds. The zero-order chi connectivity index (χ0) is 32.5. The summed E-state index contributed by atoms with van der Waals surface area (Å²) in [6, 6.07) is 60.0. The number of nitrogens with zero attached hydrogens (tertiary/aromatic N) is 2. The van der Waals surface area contributed by atoms with Gasteiger partial charge < -0.3 is 0 Å². The minimum atomic E-state index is 0.869. The topological polar surface area (TPSA) is 17.8 Å². The van der Waals surface area contributed by atoms with E-state index in [4.69, 9.17) is 4.98 Å². The molecule has 0 bridgehead atoms. The molecule has 0 N–H and O–H groups in total. The quantitative estimate of drug-likeness (QED) is 0.141. The van der Waals surface area contributed by atoms with Gasteiger partial charge in [-0.25, -0.2) is 4.98 Å². The third kappa shape index (κ3) is 4.17. The van der Waals surface area contributed by atoms with Crippen molar-refractivity contribution in [1.29, 1.82) is 0 Å². The highest BCUT2D eigenvalue weighted by molar-refractivity contribution is 6.27. The van der Waals surface area contributed by atoms with E-state index in [9.17, 15) is 0 Å². The first kappa shape index (κ1) is 27.8. The van der Waals surface area contributed by atoms with Crippen LogP contribution in [0.2, 0.25) is 0 Å². The molecule has 2 heteroatoms. The Morgan fingerprint density at radius 1 is 0.408 bits per heavy atom. The molecular weight excluding hydrogens is 593 g/mol. The molecule has 10 aromatic rings. The smallest absolute Gasteiger partial charge is 0.114 e. The summed E-state index contributed by atoms with van der Waals surface area (Å²) in [5.74, 6) is 1.07. The van der Waals surface area contributed by atoms with Crippen LogP contribution in [0.5, 0.6) is 0 Å². The molecule has 1 heterocycles. The standard InChI is InChI=1S/C47H32N2/c1-2-45-48-43-21-11-12-22-44(43)49(45)32-26-23-30(24-27-32)46-38-17-7-9-19-40(38)47(41-20-10-8-18-39(41)46)31-25-28-37-35-15-4-3-13-33(35)34-14-5-6-16-36(34)42(37)29-31/h3-29H,2H2,1H3. The van der Waals surface area contributed by atoms with E-state index in [2.05, 4.69) is 175 Å². The molecule has 0 saturated carbocycles. The van der Waals surface area contributed by atoms with Crippen molar-refractivity contribution in [2.24, 2.45) is 0 Å². The molecule has 9 aromatic carbocycles. The fraction of sp³-hybridized carbons (Fsp3) is 0.0426. The molecular formula is C47H32N2. The monoisotopic (exact) mass is 624 g/mol. The van der Waals surface area contributed by atoms with Gasteiger partial charge in [0, 0.05) is 12.1 Å². The first-order chi connectivity index (χ1) is 24.3. The SMILES string of the molecule is CCc1nc2ccccc2n1-c1ccc(-c2c3ccccc3c(-c3ccc4c5ccccc5c5ccccc5c4c3)c3ccccc23)cc1. The first-order valence-corrected chi connectivity index (χ1v) is 17.1. The zero-order valence-electron chi connectivity index (χ0n) is 27.2. The Labute approximate surface area is 284 Å². The van der Waals surface area contributed by atoms with E-state index in [1.165, 1.54) is 76.1 Å². The maximum atomic E-state index is 4.92. The predicted octanol–water partition coefficient (Wildman–Crippen LogP) is 12.7. The Morgan fingerprint density at radius 3 is 1.39 bits per heavy atom. The van der Waals surface area contributed by atoms with E-state index in [1.54, 1.807) is 0 Å². The van der Waals surface area contributed by atoms with E-state index in [0.717, 1.165) is 29.0 Å². The number of para-hydroxylation sites is 2. The number of hydrogen-bond donors (Lipinski definition) is 0. The lowest BCUT2D eigenvalue weighted by molar-refractivity contribution is 0.908. The average molecular weight is 625 g/mol. The molecule has 0 saturated heterocycles. The number of imidazole rings is 1. The normalized spacial score (nSPS) is 11.9. The van der Waals surface area contributed by atoms with Crippen LogP contribution < -0.4 is 0 Å². The molecule has 0 fully saturated rings. The molecule has 0 spiro atoms. The maximum absolute atomic E-state index is 4.92. The van der Waals surface area contributed by atoms with Crippen molar-refractivity contribution >= 4 is 64.9 Å². The van der Waals surface area contributed by atoms with Gasteiger partial charge in [-0.1, -0.05) is 140 Å². The number of benzene rings is 9. The molecule has 0 aliphatic carbocycles. The van der Waals surface area contributed by atoms with Crippen LogP contribution in [-0.4, -0.2) is 9.55 Å².